The van der Waals surface area contributed by atoms with Crippen molar-refractivity contribution < 1.29 is 18.3 Å². The predicted octanol–water partition coefficient (Wildman–Crippen LogP) is 2.32. The lowest BCUT2D eigenvalue weighted by atomic mass is 10.0. The Labute approximate surface area is 123 Å². The minimum absolute atomic E-state index is 0.0643. The molecule has 2 N–H and O–H groups in total. The molecule has 0 radical (unpaired) electrons. The third-order valence-corrected chi connectivity index (χ3v) is 5.55. The number of halogens is 1. The summed E-state index contributed by atoms with van der Waals surface area (Å²) in [5.41, 5.74) is -0.895. The smallest absolute Gasteiger partial charge is 0.324 e. The molecule has 5 nitrogen and oxygen atoms in total. The van der Waals surface area contributed by atoms with Crippen LogP contribution in [0.1, 0.15) is 31.2 Å². The number of nitrogens with one attached hydrogen (secondary N) is 1. The third kappa shape index (κ3) is 2.82. The molecular weight excluding hydrogens is 302 g/mol. The summed E-state index contributed by atoms with van der Waals surface area (Å²) in [4.78, 5) is 11.5. The third-order valence-electron chi connectivity index (χ3n) is 3.62. The SMILES string of the molecule is Cc1cc(Cl)ccc1S(=O)(=O)NC1(C(=O)O)CCCC1. The van der Waals surface area contributed by atoms with Crippen molar-refractivity contribution in [3.63, 3.8) is 0 Å². The van der Waals surface area contributed by atoms with E-state index < -0.39 is 21.5 Å². The maximum absolute atomic E-state index is 12.4. The van der Waals surface area contributed by atoms with Crippen LogP contribution in [0.5, 0.6) is 0 Å². The topological polar surface area (TPSA) is 83.5 Å². The zero-order chi connectivity index (χ0) is 15.0. The molecule has 0 spiro atoms. The fourth-order valence-corrected chi connectivity index (χ4v) is 4.44. The van der Waals surface area contributed by atoms with Crippen LogP contribution in [0.25, 0.3) is 0 Å². The Hall–Kier alpha value is -1.11. The van der Waals surface area contributed by atoms with Crippen LogP contribution >= 0.6 is 11.6 Å². The van der Waals surface area contributed by atoms with Gasteiger partial charge < -0.3 is 5.11 Å². The molecule has 1 aliphatic rings. The van der Waals surface area contributed by atoms with Gasteiger partial charge in [0.1, 0.15) is 5.54 Å². The summed E-state index contributed by atoms with van der Waals surface area (Å²) in [7, 11) is -3.88. The highest BCUT2D eigenvalue weighted by atomic mass is 35.5. The van der Waals surface area contributed by atoms with Crippen LogP contribution in [-0.4, -0.2) is 25.0 Å². The molecule has 1 fully saturated rings. The zero-order valence-corrected chi connectivity index (χ0v) is 12.6. The van der Waals surface area contributed by atoms with E-state index >= 15 is 0 Å². The normalized spacial score (nSPS) is 18.1. The number of aryl methyl sites for hydroxylation is 1. The van der Waals surface area contributed by atoms with Crippen LogP contribution < -0.4 is 4.72 Å². The van der Waals surface area contributed by atoms with Gasteiger partial charge in [-0.3, -0.25) is 4.79 Å². The van der Waals surface area contributed by atoms with Crippen LogP contribution in [0.2, 0.25) is 5.02 Å². The van der Waals surface area contributed by atoms with E-state index in [0.717, 1.165) is 0 Å². The summed E-state index contributed by atoms with van der Waals surface area (Å²) < 4.78 is 27.2. The first-order valence-corrected chi connectivity index (χ1v) is 8.16. The van der Waals surface area contributed by atoms with Crippen molar-refractivity contribution in [2.24, 2.45) is 0 Å². The number of rotatable bonds is 4. The number of benzene rings is 1. The van der Waals surface area contributed by atoms with Crippen molar-refractivity contribution in [2.45, 2.75) is 43.0 Å². The Morgan fingerprint density at radius 3 is 2.45 bits per heavy atom. The van der Waals surface area contributed by atoms with Gasteiger partial charge >= 0.3 is 5.97 Å². The van der Waals surface area contributed by atoms with Crippen molar-refractivity contribution in [3.05, 3.63) is 28.8 Å². The van der Waals surface area contributed by atoms with Gasteiger partial charge in [0, 0.05) is 5.02 Å². The van der Waals surface area contributed by atoms with Crippen LogP contribution in [-0.2, 0) is 14.8 Å². The molecule has 7 heteroatoms. The molecule has 0 heterocycles. The van der Waals surface area contributed by atoms with Gasteiger partial charge in [-0.1, -0.05) is 24.4 Å². The molecule has 0 bridgehead atoms. The average Bonchev–Trinajstić information content (AvgIpc) is 2.77. The summed E-state index contributed by atoms with van der Waals surface area (Å²) in [6, 6.07) is 4.41. The van der Waals surface area contributed by atoms with Crippen molar-refractivity contribution in [1.29, 1.82) is 0 Å². The number of aliphatic carboxylic acids is 1. The Bertz CT molecular complexity index is 636. The van der Waals surface area contributed by atoms with E-state index in [1.165, 1.54) is 18.2 Å². The van der Waals surface area contributed by atoms with E-state index in [1.54, 1.807) is 6.92 Å². The van der Waals surface area contributed by atoms with Crippen molar-refractivity contribution in [1.82, 2.24) is 4.72 Å². The summed E-state index contributed by atoms with van der Waals surface area (Å²) in [5, 5.41) is 9.78. The molecule has 1 aromatic rings. The summed E-state index contributed by atoms with van der Waals surface area (Å²) in [6.45, 7) is 1.63. The second-order valence-corrected chi connectivity index (χ2v) is 7.20. The van der Waals surface area contributed by atoms with Crippen molar-refractivity contribution in [2.75, 3.05) is 0 Å². The number of carboxylic acids is 1. The lowest BCUT2D eigenvalue weighted by molar-refractivity contribution is -0.143. The minimum Gasteiger partial charge on any atom is -0.480 e. The van der Waals surface area contributed by atoms with Crippen LogP contribution in [0.4, 0.5) is 0 Å². The molecule has 1 aromatic carbocycles. The molecular formula is C13H16ClNO4S. The first kappa shape index (κ1) is 15.3. The molecule has 0 saturated heterocycles. The van der Waals surface area contributed by atoms with Crippen molar-refractivity contribution >= 4 is 27.6 Å². The van der Waals surface area contributed by atoms with E-state index in [2.05, 4.69) is 4.72 Å². The quantitative estimate of drug-likeness (QED) is 0.892. The highest BCUT2D eigenvalue weighted by molar-refractivity contribution is 7.89. The number of carboxylic acid groups (broad SMARTS) is 1. The first-order chi connectivity index (χ1) is 9.27. The fourth-order valence-electron chi connectivity index (χ4n) is 2.56. The average molecular weight is 318 g/mol. The first-order valence-electron chi connectivity index (χ1n) is 6.30. The molecule has 0 aliphatic heterocycles. The van der Waals surface area contributed by atoms with Gasteiger partial charge in [-0.2, -0.15) is 4.72 Å². The largest absolute Gasteiger partial charge is 0.480 e. The standard InChI is InChI=1S/C13H16ClNO4S/c1-9-8-10(14)4-5-11(9)20(18,19)15-13(12(16)17)6-2-3-7-13/h4-5,8,15H,2-3,6-7H2,1H3,(H,16,17). The van der Waals surface area contributed by atoms with Gasteiger partial charge in [-0.15, -0.1) is 0 Å². The van der Waals surface area contributed by atoms with Gasteiger partial charge in [0.15, 0.2) is 0 Å². The van der Waals surface area contributed by atoms with Crippen LogP contribution in [0.15, 0.2) is 23.1 Å². The Kier molecular flexibility index (Phi) is 4.09. The lowest BCUT2D eigenvalue weighted by Gasteiger charge is -2.25. The molecule has 0 aromatic heterocycles. The molecule has 20 heavy (non-hydrogen) atoms. The Morgan fingerprint density at radius 2 is 1.95 bits per heavy atom. The van der Waals surface area contributed by atoms with Gasteiger partial charge in [-0.25, -0.2) is 8.42 Å². The lowest BCUT2D eigenvalue weighted by Crippen LogP contribution is -2.52. The van der Waals surface area contributed by atoms with E-state index in [0.29, 0.717) is 36.3 Å². The number of hydrogen-bond acceptors (Lipinski definition) is 3. The Morgan fingerprint density at radius 1 is 1.35 bits per heavy atom. The second-order valence-electron chi connectivity index (χ2n) is 5.11. The molecule has 110 valence electrons. The summed E-state index contributed by atoms with van der Waals surface area (Å²) in [6.07, 6.45) is 2.03. The maximum Gasteiger partial charge on any atom is 0.324 e. The predicted molar refractivity (Wildman–Crippen MR) is 75.3 cm³/mol. The van der Waals surface area contributed by atoms with E-state index in [4.69, 9.17) is 11.6 Å². The minimum atomic E-state index is -3.88. The number of carbonyl (C=O) groups is 1. The van der Waals surface area contributed by atoms with E-state index in [1.807, 2.05) is 0 Å². The van der Waals surface area contributed by atoms with Crippen LogP contribution in [0.3, 0.4) is 0 Å². The fraction of sp³-hybridized carbons (Fsp3) is 0.462. The molecule has 2 rings (SSSR count). The van der Waals surface area contributed by atoms with Gasteiger partial charge in [0.2, 0.25) is 10.0 Å². The van der Waals surface area contributed by atoms with Crippen molar-refractivity contribution in [3.8, 4) is 0 Å². The highest BCUT2D eigenvalue weighted by Gasteiger charge is 2.44. The maximum atomic E-state index is 12.4. The highest BCUT2D eigenvalue weighted by Crippen LogP contribution is 2.32. The number of sulfonamides is 1. The summed E-state index contributed by atoms with van der Waals surface area (Å²) >= 11 is 5.81. The molecule has 0 atom stereocenters. The Balaban J connectivity index is 2.38. The zero-order valence-electron chi connectivity index (χ0n) is 11.0. The van der Waals surface area contributed by atoms with Gasteiger partial charge in [0.05, 0.1) is 4.90 Å². The van der Waals surface area contributed by atoms with E-state index in [9.17, 15) is 18.3 Å². The molecule has 1 saturated carbocycles. The van der Waals surface area contributed by atoms with Gasteiger partial charge in [0.25, 0.3) is 0 Å². The summed E-state index contributed by atoms with van der Waals surface area (Å²) in [5.74, 6) is -1.12. The van der Waals surface area contributed by atoms with E-state index in [-0.39, 0.29) is 4.90 Å². The molecule has 0 amide bonds. The molecule has 0 unspecified atom stereocenters. The van der Waals surface area contributed by atoms with Crippen LogP contribution in [0, 0.1) is 6.92 Å². The van der Waals surface area contributed by atoms with Gasteiger partial charge in [-0.05, 0) is 43.5 Å². The monoisotopic (exact) mass is 317 g/mol. The molecule has 1 aliphatic carbocycles. The second kappa shape index (κ2) is 5.35. The number of hydrogen-bond donors (Lipinski definition) is 2.